The standard InChI is InChI=1S/C19H34N4O5S/c1-11(2)10-14(19(27)28)22-16(24)12(3)21-17(25)15-6-5-8-23(15)18(26)13(20)7-9-29-4/h11-15H,5-10,20H2,1-4H3,(H,21,25)(H,22,24)(H,27,28). The maximum absolute atomic E-state index is 12.7. The van der Waals surface area contributed by atoms with Crippen molar-refractivity contribution in [1.82, 2.24) is 15.5 Å². The van der Waals surface area contributed by atoms with E-state index in [1.165, 1.54) is 11.8 Å². The molecule has 1 aliphatic rings. The third-order valence-electron chi connectivity index (χ3n) is 4.86. The molecule has 0 radical (unpaired) electrons. The monoisotopic (exact) mass is 430 g/mol. The van der Waals surface area contributed by atoms with Gasteiger partial charge in [-0.15, -0.1) is 0 Å². The van der Waals surface area contributed by atoms with E-state index in [9.17, 15) is 24.3 Å². The number of rotatable bonds is 11. The highest BCUT2D eigenvalue weighted by molar-refractivity contribution is 7.98. The minimum absolute atomic E-state index is 0.0923. The van der Waals surface area contributed by atoms with Crippen molar-refractivity contribution in [2.75, 3.05) is 18.6 Å². The number of hydrogen-bond acceptors (Lipinski definition) is 6. The third-order valence-corrected chi connectivity index (χ3v) is 5.51. The Morgan fingerprint density at radius 3 is 2.41 bits per heavy atom. The number of nitrogens with one attached hydrogen (secondary N) is 2. The van der Waals surface area contributed by atoms with Crippen molar-refractivity contribution in [3.63, 3.8) is 0 Å². The lowest BCUT2D eigenvalue weighted by Crippen LogP contribution is -2.56. The van der Waals surface area contributed by atoms with Gasteiger partial charge in [0.15, 0.2) is 0 Å². The van der Waals surface area contributed by atoms with Crippen molar-refractivity contribution in [2.45, 2.75) is 70.6 Å². The molecular weight excluding hydrogens is 396 g/mol. The molecule has 0 bridgehead atoms. The number of likely N-dealkylation sites (tertiary alicyclic amines) is 1. The normalized spacial score (nSPS) is 19.5. The number of amides is 3. The largest absolute Gasteiger partial charge is 0.480 e. The van der Waals surface area contributed by atoms with E-state index in [1.807, 2.05) is 20.1 Å². The fraction of sp³-hybridized carbons (Fsp3) is 0.789. The van der Waals surface area contributed by atoms with E-state index >= 15 is 0 Å². The van der Waals surface area contributed by atoms with Gasteiger partial charge in [0.2, 0.25) is 17.7 Å². The Kier molecular flexibility index (Phi) is 10.5. The van der Waals surface area contributed by atoms with Crippen molar-refractivity contribution in [3.8, 4) is 0 Å². The molecule has 10 heteroatoms. The number of hydrogen-bond donors (Lipinski definition) is 4. The Labute approximate surface area is 176 Å². The number of nitrogens with two attached hydrogens (primary N) is 1. The molecule has 0 aliphatic carbocycles. The van der Waals surface area contributed by atoms with E-state index in [2.05, 4.69) is 10.6 Å². The van der Waals surface area contributed by atoms with Crippen molar-refractivity contribution >= 4 is 35.5 Å². The van der Waals surface area contributed by atoms with Crippen LogP contribution in [-0.2, 0) is 19.2 Å². The van der Waals surface area contributed by atoms with Crippen molar-refractivity contribution in [2.24, 2.45) is 11.7 Å². The van der Waals surface area contributed by atoms with E-state index in [1.54, 1.807) is 11.8 Å². The maximum Gasteiger partial charge on any atom is 0.326 e. The quantitative estimate of drug-likeness (QED) is 0.366. The van der Waals surface area contributed by atoms with Crippen LogP contribution in [0.15, 0.2) is 0 Å². The number of aliphatic carboxylic acids is 1. The molecule has 1 saturated heterocycles. The summed E-state index contributed by atoms with van der Waals surface area (Å²) >= 11 is 1.60. The summed E-state index contributed by atoms with van der Waals surface area (Å²) in [7, 11) is 0. The molecular formula is C19H34N4O5S. The number of thioether (sulfide) groups is 1. The molecule has 0 aromatic heterocycles. The highest BCUT2D eigenvalue weighted by Gasteiger charge is 2.37. The van der Waals surface area contributed by atoms with Gasteiger partial charge in [0.1, 0.15) is 18.1 Å². The lowest BCUT2D eigenvalue weighted by molar-refractivity contribution is -0.143. The Hall–Kier alpha value is -1.81. The molecule has 29 heavy (non-hydrogen) atoms. The molecule has 1 rings (SSSR count). The second kappa shape index (κ2) is 12.0. The van der Waals surface area contributed by atoms with Gasteiger partial charge in [-0.1, -0.05) is 13.8 Å². The predicted octanol–water partition coefficient (Wildman–Crippen LogP) is 0.178. The Morgan fingerprint density at radius 1 is 1.21 bits per heavy atom. The summed E-state index contributed by atoms with van der Waals surface area (Å²) in [6.45, 7) is 5.68. The molecule has 0 spiro atoms. The number of carboxylic acid groups (broad SMARTS) is 1. The molecule has 1 aliphatic heterocycles. The van der Waals surface area contributed by atoms with Crippen LogP contribution in [0.25, 0.3) is 0 Å². The smallest absolute Gasteiger partial charge is 0.326 e. The molecule has 3 amide bonds. The fourth-order valence-electron chi connectivity index (χ4n) is 3.25. The van der Waals surface area contributed by atoms with Gasteiger partial charge >= 0.3 is 5.97 Å². The van der Waals surface area contributed by atoms with E-state index in [-0.39, 0.29) is 11.8 Å². The summed E-state index contributed by atoms with van der Waals surface area (Å²) in [4.78, 5) is 50.4. The van der Waals surface area contributed by atoms with Crippen LogP contribution in [0.3, 0.4) is 0 Å². The average Bonchev–Trinajstić information content (AvgIpc) is 3.14. The average molecular weight is 431 g/mol. The summed E-state index contributed by atoms with van der Waals surface area (Å²) in [5.41, 5.74) is 5.96. The second-order valence-electron chi connectivity index (χ2n) is 7.84. The van der Waals surface area contributed by atoms with E-state index < -0.39 is 42.0 Å². The van der Waals surface area contributed by atoms with Gasteiger partial charge in [0.05, 0.1) is 6.04 Å². The zero-order valence-corrected chi connectivity index (χ0v) is 18.5. The Morgan fingerprint density at radius 2 is 1.86 bits per heavy atom. The van der Waals surface area contributed by atoms with Crippen LogP contribution in [0.1, 0.15) is 46.5 Å². The molecule has 0 saturated carbocycles. The SMILES string of the molecule is CSCCC(N)C(=O)N1CCCC1C(=O)NC(C)C(=O)NC(CC(C)C)C(=O)O. The highest BCUT2D eigenvalue weighted by Crippen LogP contribution is 2.19. The van der Waals surface area contributed by atoms with Crippen LogP contribution in [-0.4, -0.2) is 76.4 Å². The molecule has 5 N–H and O–H groups in total. The molecule has 1 fully saturated rings. The molecule has 0 aromatic carbocycles. The first-order chi connectivity index (χ1) is 13.6. The van der Waals surface area contributed by atoms with Crippen molar-refractivity contribution in [3.05, 3.63) is 0 Å². The summed E-state index contributed by atoms with van der Waals surface area (Å²) in [5.74, 6) is -1.51. The van der Waals surface area contributed by atoms with Gasteiger partial charge in [0.25, 0.3) is 0 Å². The minimum atomic E-state index is -1.11. The first-order valence-corrected chi connectivity index (χ1v) is 11.4. The number of carbonyl (C=O) groups excluding carboxylic acids is 3. The van der Waals surface area contributed by atoms with Crippen molar-refractivity contribution < 1.29 is 24.3 Å². The van der Waals surface area contributed by atoms with Gasteiger partial charge in [-0.25, -0.2) is 4.79 Å². The number of carbonyl (C=O) groups is 4. The van der Waals surface area contributed by atoms with Crippen LogP contribution < -0.4 is 16.4 Å². The summed E-state index contributed by atoms with van der Waals surface area (Å²) in [6.07, 6.45) is 3.96. The second-order valence-corrected chi connectivity index (χ2v) is 8.82. The Bertz CT molecular complexity index is 601. The number of nitrogens with zero attached hydrogens (tertiary/aromatic N) is 1. The maximum atomic E-state index is 12.7. The van der Waals surface area contributed by atoms with Crippen LogP contribution in [0.4, 0.5) is 0 Å². The molecule has 1 heterocycles. The molecule has 4 atom stereocenters. The van der Waals surface area contributed by atoms with Gasteiger partial charge in [-0.05, 0) is 50.5 Å². The predicted molar refractivity (Wildman–Crippen MR) is 112 cm³/mol. The minimum Gasteiger partial charge on any atom is -0.480 e. The van der Waals surface area contributed by atoms with E-state index in [0.29, 0.717) is 32.2 Å². The molecule has 166 valence electrons. The van der Waals surface area contributed by atoms with Gasteiger partial charge in [-0.3, -0.25) is 14.4 Å². The van der Waals surface area contributed by atoms with Crippen LogP contribution in [0.2, 0.25) is 0 Å². The third kappa shape index (κ3) is 7.85. The molecule has 4 unspecified atom stereocenters. The fourth-order valence-corrected chi connectivity index (χ4v) is 3.74. The van der Waals surface area contributed by atoms with E-state index in [4.69, 9.17) is 5.73 Å². The first kappa shape index (κ1) is 25.2. The summed E-state index contributed by atoms with van der Waals surface area (Å²) in [6, 6.07) is -3.24. The van der Waals surface area contributed by atoms with E-state index in [0.717, 1.165) is 5.75 Å². The summed E-state index contributed by atoms with van der Waals surface area (Å²) < 4.78 is 0. The van der Waals surface area contributed by atoms with Crippen LogP contribution >= 0.6 is 11.8 Å². The lowest BCUT2D eigenvalue weighted by Gasteiger charge is -2.28. The lowest BCUT2D eigenvalue weighted by atomic mass is 10.0. The Balaban J connectivity index is 2.67. The first-order valence-electron chi connectivity index (χ1n) is 9.97. The number of carboxylic acids is 1. The topological polar surface area (TPSA) is 142 Å². The van der Waals surface area contributed by atoms with Crippen LogP contribution in [0, 0.1) is 5.92 Å². The summed E-state index contributed by atoms with van der Waals surface area (Å²) in [5, 5.41) is 14.3. The van der Waals surface area contributed by atoms with Crippen LogP contribution in [0.5, 0.6) is 0 Å². The molecule has 9 nitrogen and oxygen atoms in total. The zero-order chi connectivity index (χ0) is 22.1. The van der Waals surface area contributed by atoms with Gasteiger partial charge in [0, 0.05) is 6.54 Å². The van der Waals surface area contributed by atoms with Gasteiger partial charge < -0.3 is 26.4 Å². The zero-order valence-electron chi connectivity index (χ0n) is 17.6. The van der Waals surface area contributed by atoms with Gasteiger partial charge in [-0.2, -0.15) is 11.8 Å². The highest BCUT2D eigenvalue weighted by atomic mass is 32.2. The molecule has 0 aromatic rings. The van der Waals surface area contributed by atoms with Crippen molar-refractivity contribution in [1.29, 1.82) is 0 Å².